The van der Waals surface area contributed by atoms with Crippen molar-refractivity contribution in [2.75, 3.05) is 26.8 Å². The molecule has 1 fully saturated rings. The number of carbonyl (C=O) groups excluding carboxylic acids is 12. The Morgan fingerprint density at radius 2 is 1.08 bits per heavy atom. The van der Waals surface area contributed by atoms with Crippen LogP contribution in [0.2, 0.25) is 0 Å². The molecule has 1 aliphatic rings. The highest BCUT2D eigenvalue weighted by Gasteiger charge is 2.41. The number of aliphatic hydroxyl groups excluding tert-OH is 2. The lowest BCUT2D eigenvalue weighted by Gasteiger charge is -2.31. The number of amides is 11. The lowest BCUT2D eigenvalue weighted by molar-refractivity contribution is -0.157. The molecule has 2 rings (SSSR count). The number of hydrogen-bond donors (Lipinski definition) is 16. The molecule has 0 unspecified atom stereocenters. The molecule has 30 nitrogen and oxygen atoms in total. The molecule has 11 amide bonds. The van der Waals surface area contributed by atoms with Gasteiger partial charge in [0.1, 0.15) is 66.5 Å². The molecular formula is C58H97N15O15. The Hall–Kier alpha value is -7.99. The van der Waals surface area contributed by atoms with Crippen molar-refractivity contribution in [2.45, 2.75) is 200 Å². The summed E-state index contributed by atoms with van der Waals surface area (Å²) in [5.74, 6) is -13.4. The maximum absolute atomic E-state index is 14.4. The van der Waals surface area contributed by atoms with Crippen LogP contribution in [0.3, 0.4) is 0 Å². The molecule has 0 saturated carbocycles. The number of carbonyl (C=O) groups is 12. The fourth-order valence-corrected chi connectivity index (χ4v) is 9.11. The summed E-state index contributed by atoms with van der Waals surface area (Å²) in [6, 6.07) is -6.39. The standard InChI is InChI=1S/C58H97N15O15/c1-12-29(5)42(70-50(80)38(62-11)26-35-20-17-16-18-21-35)53(83)67-39(27-74)51(81)66-37(23-24-41(59)76)49(79)69-44(31(7)14-3)55(85)71-43(30(6)13-2)54(84)68-40(28-75)52(82)73-46-34(10)88-57(87)45(32(8)15-4)72-48(78)36(22-19-25-63-58(60)61)65-47(77)33(9)64-56(46)86/h16-18,20-21,29-34,36-40,42-46,62,74-75H,12-15,19,22-28H2,1-11H3,(H2,59,76)(H,64,86)(H,65,77)(H,66,81)(H,67,83)(H,68,84)(H,69,79)(H,70,80)(H,71,85)(H,72,78)(H,73,82)(H4,60,61,63)/t29-,30-,31+,32-,33-,34-,36-,37+,38+,39-,40-,42-,43-,44+,45-,46+/m0/s1. The van der Waals surface area contributed by atoms with E-state index in [0.29, 0.717) is 19.3 Å². The van der Waals surface area contributed by atoms with E-state index < -0.39 is 193 Å². The molecule has 1 heterocycles. The number of hydrogen-bond acceptors (Lipinski definition) is 17. The number of primary amides is 1. The molecule has 1 aliphatic heterocycles. The van der Waals surface area contributed by atoms with Crippen LogP contribution >= 0.6 is 0 Å². The highest BCUT2D eigenvalue weighted by Crippen LogP contribution is 2.17. The Bertz CT molecular complexity index is 2560. The first-order valence-electron chi connectivity index (χ1n) is 30.0. The average Bonchev–Trinajstić information content (AvgIpc) is 3.20. The summed E-state index contributed by atoms with van der Waals surface area (Å²) in [7, 11) is 1.60. The number of aliphatic hydroxyl groups is 2. The lowest BCUT2D eigenvalue weighted by Crippen LogP contribution is -2.63. The van der Waals surface area contributed by atoms with Gasteiger partial charge in [-0.3, -0.25) is 57.7 Å². The van der Waals surface area contributed by atoms with Gasteiger partial charge in [-0.25, -0.2) is 4.79 Å². The zero-order valence-corrected chi connectivity index (χ0v) is 52.5. The van der Waals surface area contributed by atoms with Gasteiger partial charge in [-0.2, -0.15) is 0 Å². The third-order valence-electron chi connectivity index (χ3n) is 15.7. The molecule has 1 aromatic carbocycles. The average molecular weight is 1240 g/mol. The molecule has 1 saturated heterocycles. The SMILES string of the molecule is CC[C@@H](C)[C@@H](NC(=O)[C@@H](CCC(N)=O)NC(=O)[C@H](CO)NC(=O)[C@@H](NC(=O)[C@@H](Cc1ccccc1)NC)[C@@H](C)CC)C(=O)N[C@H](C(=O)N[C@@H](CO)C(=O)N[C@H]1C(=O)N[C@@H](C)C(=O)N[C@@H](CCCN=C(N)N)C(=O)N[C@@H]([C@@H](C)CC)C(=O)O[C@H]1C)[C@@H](C)CC. The molecule has 0 bridgehead atoms. The second-order valence-corrected chi connectivity index (χ2v) is 22.4. The summed E-state index contributed by atoms with van der Waals surface area (Å²) in [5.41, 5.74) is 17.2. The van der Waals surface area contributed by atoms with Crippen molar-refractivity contribution < 1.29 is 72.5 Å². The number of rotatable bonds is 34. The van der Waals surface area contributed by atoms with E-state index in [1.54, 1.807) is 62.4 Å². The van der Waals surface area contributed by atoms with Gasteiger partial charge in [-0.15, -0.1) is 0 Å². The number of esters is 1. The van der Waals surface area contributed by atoms with Gasteiger partial charge in [0, 0.05) is 13.0 Å². The number of ether oxygens (including phenoxy) is 1. The van der Waals surface area contributed by atoms with Crippen molar-refractivity contribution in [3.8, 4) is 0 Å². The van der Waals surface area contributed by atoms with Crippen molar-refractivity contribution >= 4 is 76.9 Å². The van der Waals surface area contributed by atoms with Crippen molar-refractivity contribution in [2.24, 2.45) is 45.9 Å². The van der Waals surface area contributed by atoms with Crippen molar-refractivity contribution in [1.82, 2.24) is 58.5 Å². The number of cyclic esters (lactones) is 1. The fraction of sp³-hybridized carbons (Fsp3) is 0.672. The predicted octanol–water partition coefficient (Wildman–Crippen LogP) is -3.88. The summed E-state index contributed by atoms with van der Waals surface area (Å²) < 4.78 is 5.71. The van der Waals surface area contributed by atoms with E-state index in [0.717, 1.165) is 5.56 Å². The van der Waals surface area contributed by atoms with Crippen molar-refractivity contribution in [3.05, 3.63) is 35.9 Å². The van der Waals surface area contributed by atoms with E-state index in [1.165, 1.54) is 13.8 Å². The van der Waals surface area contributed by atoms with Crippen LogP contribution in [-0.4, -0.2) is 186 Å². The van der Waals surface area contributed by atoms with E-state index in [-0.39, 0.29) is 38.2 Å². The second kappa shape index (κ2) is 38.3. The molecular weight excluding hydrogens is 1150 g/mol. The van der Waals surface area contributed by atoms with Crippen LogP contribution < -0.4 is 75.7 Å². The first kappa shape index (κ1) is 76.1. The van der Waals surface area contributed by atoms with Gasteiger partial charge < -0.3 is 90.6 Å². The fourth-order valence-electron chi connectivity index (χ4n) is 9.11. The zero-order valence-electron chi connectivity index (χ0n) is 52.5. The Morgan fingerprint density at radius 3 is 1.56 bits per heavy atom. The third kappa shape index (κ3) is 24.3. The number of likely N-dealkylation sites (N-methyl/N-ethyl adjacent to an activating group) is 1. The van der Waals surface area contributed by atoms with Gasteiger partial charge in [-0.05, 0) is 75.8 Å². The third-order valence-corrected chi connectivity index (χ3v) is 15.7. The number of benzene rings is 1. The zero-order chi connectivity index (χ0) is 66.5. The monoisotopic (exact) mass is 1240 g/mol. The van der Waals surface area contributed by atoms with E-state index in [9.17, 15) is 67.7 Å². The van der Waals surface area contributed by atoms with Crippen LogP contribution in [-0.2, 0) is 68.7 Å². The number of nitrogens with zero attached hydrogens (tertiary/aromatic N) is 1. The summed E-state index contributed by atoms with van der Waals surface area (Å²) >= 11 is 0. The maximum atomic E-state index is 14.4. The van der Waals surface area contributed by atoms with Crippen LogP contribution in [0, 0.1) is 23.7 Å². The summed E-state index contributed by atoms with van der Waals surface area (Å²) in [4.78, 5) is 169. The van der Waals surface area contributed by atoms with Crippen LogP contribution in [0.25, 0.3) is 0 Å². The van der Waals surface area contributed by atoms with E-state index in [4.69, 9.17) is 21.9 Å². The van der Waals surface area contributed by atoms with Crippen LogP contribution in [0.15, 0.2) is 35.3 Å². The molecule has 1 aromatic rings. The van der Waals surface area contributed by atoms with Crippen molar-refractivity contribution in [3.63, 3.8) is 0 Å². The largest absolute Gasteiger partial charge is 0.458 e. The van der Waals surface area contributed by atoms with E-state index >= 15 is 0 Å². The first-order chi connectivity index (χ1) is 41.5. The minimum atomic E-state index is -1.83. The molecule has 0 radical (unpaired) electrons. The normalized spacial score (nSPS) is 21.0. The molecule has 16 atom stereocenters. The van der Waals surface area contributed by atoms with Gasteiger partial charge in [0.25, 0.3) is 0 Å². The van der Waals surface area contributed by atoms with Gasteiger partial charge in [0.15, 0.2) is 5.96 Å². The number of nitrogens with two attached hydrogens (primary N) is 3. The van der Waals surface area contributed by atoms with Gasteiger partial charge in [0.05, 0.1) is 19.3 Å². The van der Waals surface area contributed by atoms with Gasteiger partial charge in [0.2, 0.25) is 65.0 Å². The maximum Gasteiger partial charge on any atom is 0.329 e. The number of aliphatic imine (C=N–C) groups is 1. The van der Waals surface area contributed by atoms with E-state index in [1.807, 2.05) is 30.3 Å². The number of guanidine groups is 1. The van der Waals surface area contributed by atoms with Crippen LogP contribution in [0.5, 0.6) is 0 Å². The number of nitrogens with one attached hydrogen (secondary N) is 11. The molecule has 0 aromatic heterocycles. The Labute approximate surface area is 514 Å². The molecule has 0 spiro atoms. The molecule has 88 heavy (non-hydrogen) atoms. The highest BCUT2D eigenvalue weighted by molar-refractivity contribution is 5.99. The first-order valence-corrected chi connectivity index (χ1v) is 30.0. The van der Waals surface area contributed by atoms with Crippen LogP contribution in [0.4, 0.5) is 0 Å². The molecule has 0 aliphatic carbocycles. The molecule has 30 heteroatoms. The lowest BCUT2D eigenvalue weighted by atomic mass is 9.94. The predicted molar refractivity (Wildman–Crippen MR) is 324 cm³/mol. The summed E-state index contributed by atoms with van der Waals surface area (Å²) in [6.45, 7) is 14.2. The Kier molecular flexibility index (Phi) is 33.1. The molecule has 494 valence electrons. The smallest absolute Gasteiger partial charge is 0.329 e. The quantitative estimate of drug-likeness (QED) is 0.0136. The van der Waals surface area contributed by atoms with Crippen LogP contribution in [0.1, 0.15) is 126 Å². The van der Waals surface area contributed by atoms with Crippen molar-refractivity contribution in [1.29, 1.82) is 0 Å². The van der Waals surface area contributed by atoms with Gasteiger partial charge in [-0.1, -0.05) is 111 Å². The Balaban J connectivity index is 2.41. The Morgan fingerprint density at radius 1 is 0.602 bits per heavy atom. The topological polar surface area (TPSA) is 477 Å². The minimum Gasteiger partial charge on any atom is -0.458 e. The second-order valence-electron chi connectivity index (χ2n) is 22.4. The van der Waals surface area contributed by atoms with E-state index in [2.05, 4.69) is 63.5 Å². The summed E-state index contributed by atoms with van der Waals surface area (Å²) in [6.07, 6.45) is -0.509. The minimum absolute atomic E-state index is 0.0239. The summed E-state index contributed by atoms with van der Waals surface area (Å²) in [5, 5.41) is 49.2. The molecule has 19 N–H and O–H groups in total. The highest BCUT2D eigenvalue weighted by atomic mass is 16.5. The van der Waals surface area contributed by atoms with Gasteiger partial charge >= 0.3 is 5.97 Å².